The Morgan fingerprint density at radius 1 is 1.64 bits per heavy atom. The maximum atomic E-state index is 10.4. The van der Waals surface area contributed by atoms with Crippen LogP contribution in [0.15, 0.2) is 0 Å². The molecule has 0 aliphatic heterocycles. The molecule has 3 N–H and O–H groups in total. The number of halogens is 2. The van der Waals surface area contributed by atoms with E-state index in [9.17, 15) is 4.79 Å². The molecule has 0 spiro atoms. The average Bonchev–Trinajstić information content (AvgIpc) is 1.87. The molecule has 6 heteroatoms. The monoisotopic (exact) mass is 200 g/mol. The Kier molecular flexibility index (Phi) is 5.58. The summed E-state index contributed by atoms with van der Waals surface area (Å²) in [6.07, 6.45) is 0.950. The van der Waals surface area contributed by atoms with Gasteiger partial charge in [-0.1, -0.05) is 0 Å². The highest BCUT2D eigenvalue weighted by Crippen LogP contribution is 2.12. The lowest BCUT2D eigenvalue weighted by molar-refractivity contribution is -0.140. The largest absolute Gasteiger partial charge is 0.480 e. The fraction of sp³-hybridized carbons (Fsp3) is 0.800. The van der Waals surface area contributed by atoms with Gasteiger partial charge in [-0.15, -0.1) is 3.94 Å². The van der Waals surface area contributed by atoms with Crippen molar-refractivity contribution in [2.45, 2.75) is 18.9 Å². The Labute approximate surface area is 75.1 Å². The molecule has 0 aromatic rings. The van der Waals surface area contributed by atoms with Crippen LogP contribution in [-0.2, 0) is 4.79 Å². The molecule has 0 heterocycles. The van der Waals surface area contributed by atoms with Crippen LogP contribution in [0.2, 0.25) is 0 Å². The van der Waals surface area contributed by atoms with Crippen molar-refractivity contribution in [1.82, 2.24) is 3.94 Å². The first-order valence-corrected chi connectivity index (χ1v) is 3.81. The summed E-state index contributed by atoms with van der Waals surface area (Å²) in [5.41, 5.74) is 5.18. The highest BCUT2D eigenvalue weighted by molar-refractivity contribution is 6.34. The van der Waals surface area contributed by atoms with Gasteiger partial charge >= 0.3 is 5.97 Å². The number of carbonyl (C=O) groups is 1. The quantitative estimate of drug-likeness (QED) is 0.645. The van der Waals surface area contributed by atoms with Gasteiger partial charge in [-0.05, 0) is 42.9 Å². The van der Waals surface area contributed by atoms with E-state index in [1.807, 2.05) is 0 Å². The van der Waals surface area contributed by atoms with Crippen molar-refractivity contribution in [2.75, 3.05) is 6.54 Å². The zero-order valence-corrected chi connectivity index (χ0v) is 7.35. The minimum absolute atomic E-state index is 0.360. The molecule has 0 saturated carbocycles. The second-order valence-electron chi connectivity index (χ2n) is 2.04. The minimum atomic E-state index is -1.04. The molecule has 11 heavy (non-hydrogen) atoms. The summed E-state index contributed by atoms with van der Waals surface area (Å²) in [5.74, 6) is -1.04. The fourth-order valence-corrected chi connectivity index (χ4v) is 0.978. The lowest BCUT2D eigenvalue weighted by atomic mass is 10.2. The molecule has 4 nitrogen and oxygen atoms in total. The van der Waals surface area contributed by atoms with Crippen LogP contribution >= 0.6 is 23.6 Å². The molecule has 0 amide bonds. The van der Waals surface area contributed by atoms with Crippen LogP contribution in [-0.4, -0.2) is 27.6 Å². The number of rotatable bonds is 5. The summed E-state index contributed by atoms with van der Waals surface area (Å²) in [5, 5.41) is 8.52. The SMILES string of the molecule is NCCC[C@@H](C(=O)O)N(Cl)Cl. The van der Waals surface area contributed by atoms with Gasteiger partial charge in [0, 0.05) is 0 Å². The summed E-state index contributed by atoms with van der Waals surface area (Å²) in [4.78, 5) is 10.4. The van der Waals surface area contributed by atoms with Gasteiger partial charge in [0.05, 0.1) is 0 Å². The highest BCUT2D eigenvalue weighted by atomic mass is 35.5. The van der Waals surface area contributed by atoms with Crippen LogP contribution in [0.4, 0.5) is 0 Å². The Hall–Kier alpha value is -0.0300. The molecule has 66 valence electrons. The van der Waals surface area contributed by atoms with Crippen LogP contribution in [0, 0.1) is 0 Å². The number of hydrogen-bond acceptors (Lipinski definition) is 3. The molecular weight excluding hydrogens is 191 g/mol. The first-order chi connectivity index (χ1) is 5.09. The number of aliphatic carboxylic acids is 1. The summed E-state index contributed by atoms with van der Waals surface area (Å²) < 4.78 is 0.637. The van der Waals surface area contributed by atoms with E-state index in [0.717, 1.165) is 0 Å². The van der Waals surface area contributed by atoms with Gasteiger partial charge in [0.15, 0.2) is 0 Å². The molecule has 0 radical (unpaired) electrons. The van der Waals surface area contributed by atoms with Crippen molar-refractivity contribution in [2.24, 2.45) is 5.73 Å². The minimum Gasteiger partial charge on any atom is -0.480 e. The zero-order chi connectivity index (χ0) is 8.85. The van der Waals surface area contributed by atoms with E-state index in [-0.39, 0.29) is 0 Å². The Balaban J connectivity index is 3.80. The van der Waals surface area contributed by atoms with E-state index in [0.29, 0.717) is 23.3 Å². The van der Waals surface area contributed by atoms with Crippen LogP contribution in [0.25, 0.3) is 0 Å². The van der Waals surface area contributed by atoms with Crippen LogP contribution < -0.4 is 5.73 Å². The molecule has 0 aromatic heterocycles. The fourth-order valence-electron chi connectivity index (χ4n) is 0.616. The predicted octanol–water partition coefficient (Wildman–Crippen LogP) is 0.788. The van der Waals surface area contributed by atoms with E-state index >= 15 is 0 Å². The Morgan fingerprint density at radius 3 is 2.45 bits per heavy atom. The standard InChI is InChI=1S/C5H10Cl2N2O2/c6-9(7)4(5(10)11)2-1-3-8/h4H,1-3,8H2,(H,10,11)/t4-/m0/s1. The van der Waals surface area contributed by atoms with E-state index in [1.54, 1.807) is 0 Å². The molecule has 0 unspecified atom stereocenters. The van der Waals surface area contributed by atoms with Crippen molar-refractivity contribution in [1.29, 1.82) is 0 Å². The van der Waals surface area contributed by atoms with Gasteiger partial charge in [0.25, 0.3) is 0 Å². The van der Waals surface area contributed by atoms with Gasteiger partial charge in [-0.2, -0.15) is 0 Å². The second-order valence-corrected chi connectivity index (χ2v) is 2.95. The third-order valence-electron chi connectivity index (χ3n) is 1.20. The predicted molar refractivity (Wildman–Crippen MR) is 43.3 cm³/mol. The van der Waals surface area contributed by atoms with Gasteiger partial charge in [0.2, 0.25) is 0 Å². The molecule has 0 bridgehead atoms. The molecule has 0 aromatic carbocycles. The number of carboxylic acids is 1. The van der Waals surface area contributed by atoms with Gasteiger partial charge in [0.1, 0.15) is 6.04 Å². The number of carboxylic acid groups (broad SMARTS) is 1. The molecule has 0 rings (SSSR count). The summed E-state index contributed by atoms with van der Waals surface area (Å²) in [6, 6.07) is -0.859. The van der Waals surface area contributed by atoms with E-state index in [4.69, 9.17) is 34.4 Å². The first-order valence-electron chi connectivity index (χ1n) is 3.13. The van der Waals surface area contributed by atoms with Crippen LogP contribution in [0.1, 0.15) is 12.8 Å². The van der Waals surface area contributed by atoms with Crippen LogP contribution in [0.3, 0.4) is 0 Å². The molecule has 0 aliphatic rings. The zero-order valence-electron chi connectivity index (χ0n) is 5.83. The molecule has 0 aliphatic carbocycles. The lowest BCUT2D eigenvalue weighted by Gasteiger charge is -2.13. The number of nitrogens with two attached hydrogens (primary N) is 1. The topological polar surface area (TPSA) is 66.6 Å². The van der Waals surface area contributed by atoms with Gasteiger partial charge < -0.3 is 10.8 Å². The van der Waals surface area contributed by atoms with Crippen molar-refractivity contribution in [3.8, 4) is 0 Å². The van der Waals surface area contributed by atoms with Crippen molar-refractivity contribution in [3.05, 3.63) is 0 Å². The number of nitrogens with zero attached hydrogens (tertiary/aromatic N) is 1. The second kappa shape index (κ2) is 5.60. The Morgan fingerprint density at radius 2 is 2.18 bits per heavy atom. The normalized spacial score (nSPS) is 13.5. The third kappa shape index (κ3) is 4.42. The number of hydrogen-bond donors (Lipinski definition) is 2. The van der Waals surface area contributed by atoms with Gasteiger partial charge in [-0.3, -0.25) is 4.79 Å². The van der Waals surface area contributed by atoms with E-state index in [1.165, 1.54) is 0 Å². The summed E-state index contributed by atoms with van der Waals surface area (Å²) in [7, 11) is 0. The smallest absolute Gasteiger partial charge is 0.323 e. The first kappa shape index (κ1) is 11.0. The summed E-state index contributed by atoms with van der Waals surface area (Å²) in [6.45, 7) is 0.436. The highest BCUT2D eigenvalue weighted by Gasteiger charge is 2.22. The summed E-state index contributed by atoms with van der Waals surface area (Å²) >= 11 is 10.5. The molecular formula is C5H10Cl2N2O2. The third-order valence-corrected chi connectivity index (χ3v) is 1.67. The van der Waals surface area contributed by atoms with Crippen LogP contribution in [0.5, 0.6) is 0 Å². The maximum Gasteiger partial charge on any atom is 0.323 e. The van der Waals surface area contributed by atoms with E-state index < -0.39 is 12.0 Å². The van der Waals surface area contributed by atoms with E-state index in [2.05, 4.69) is 0 Å². The molecule has 0 fully saturated rings. The Bertz CT molecular complexity index is 132. The van der Waals surface area contributed by atoms with Crippen molar-refractivity contribution >= 4 is 29.5 Å². The molecule has 1 atom stereocenters. The van der Waals surface area contributed by atoms with Crippen molar-refractivity contribution < 1.29 is 9.90 Å². The average molecular weight is 201 g/mol. The maximum absolute atomic E-state index is 10.4. The lowest BCUT2D eigenvalue weighted by Crippen LogP contribution is -2.29. The van der Waals surface area contributed by atoms with Gasteiger partial charge in [-0.25, -0.2) is 0 Å². The molecule has 0 saturated heterocycles. The van der Waals surface area contributed by atoms with Crippen molar-refractivity contribution in [3.63, 3.8) is 0 Å².